The van der Waals surface area contributed by atoms with Crippen molar-refractivity contribution in [1.29, 1.82) is 0 Å². The van der Waals surface area contributed by atoms with Crippen molar-refractivity contribution in [3.8, 4) is 33.0 Å². The number of urea groups is 1. The van der Waals surface area contributed by atoms with E-state index in [0.29, 0.717) is 28.4 Å². The van der Waals surface area contributed by atoms with E-state index in [-0.39, 0.29) is 22.5 Å². The molecule has 0 saturated heterocycles. The third-order valence-electron chi connectivity index (χ3n) is 4.95. The molecule has 1 aromatic carbocycles. The Bertz CT molecular complexity index is 1420. The Balaban J connectivity index is 1.96. The fourth-order valence-electron chi connectivity index (χ4n) is 3.40. The molecule has 4 N–H and O–H groups in total. The van der Waals surface area contributed by atoms with Gasteiger partial charge in [-0.1, -0.05) is 30.3 Å². The van der Waals surface area contributed by atoms with Crippen LogP contribution in [-0.4, -0.2) is 49.7 Å². The van der Waals surface area contributed by atoms with Crippen molar-refractivity contribution in [2.24, 2.45) is 0 Å². The van der Waals surface area contributed by atoms with Gasteiger partial charge in [0.15, 0.2) is 0 Å². The van der Waals surface area contributed by atoms with E-state index in [1.165, 1.54) is 36.0 Å². The van der Waals surface area contributed by atoms with Crippen LogP contribution in [0.4, 0.5) is 10.6 Å². The first-order valence-electron chi connectivity index (χ1n) is 10.4. The summed E-state index contributed by atoms with van der Waals surface area (Å²) in [6.45, 7) is 2.06. The minimum atomic E-state index is -1.33. The fraction of sp³-hybridized carbons (Fsp3) is 0.0833. The minimum absolute atomic E-state index is 0.0704. The van der Waals surface area contributed by atoms with Gasteiger partial charge in [-0.3, -0.25) is 10.3 Å². The monoisotopic (exact) mass is 489 g/mol. The van der Waals surface area contributed by atoms with E-state index >= 15 is 0 Å². The van der Waals surface area contributed by atoms with Crippen molar-refractivity contribution < 1.29 is 24.6 Å². The van der Waals surface area contributed by atoms with E-state index in [1.807, 2.05) is 30.3 Å². The minimum Gasteiger partial charge on any atom is -0.478 e. The maximum atomic E-state index is 12.4. The lowest BCUT2D eigenvalue weighted by molar-refractivity contribution is 0.0686. The molecule has 4 aromatic rings. The average molecular weight is 490 g/mol. The molecule has 0 saturated carbocycles. The highest BCUT2D eigenvalue weighted by atomic mass is 32.1. The smallest absolute Gasteiger partial charge is 0.340 e. The fourth-order valence-corrected chi connectivity index (χ4v) is 4.29. The molecule has 10 nitrogen and oxygen atoms in total. The van der Waals surface area contributed by atoms with Gasteiger partial charge in [-0.2, -0.15) is 0 Å². The lowest BCUT2D eigenvalue weighted by Gasteiger charge is -2.15. The number of nitrogens with one attached hydrogen (secondary N) is 2. The van der Waals surface area contributed by atoms with Gasteiger partial charge in [0, 0.05) is 52.8 Å². The van der Waals surface area contributed by atoms with Gasteiger partial charge in [-0.25, -0.2) is 24.4 Å². The van der Waals surface area contributed by atoms with Gasteiger partial charge in [0.1, 0.15) is 16.4 Å². The van der Waals surface area contributed by atoms with E-state index in [9.17, 15) is 24.6 Å². The number of hydrogen-bond acceptors (Lipinski definition) is 7. The van der Waals surface area contributed by atoms with Gasteiger partial charge in [-0.05, 0) is 13.0 Å². The molecule has 11 heteroatoms. The molecule has 0 atom stereocenters. The van der Waals surface area contributed by atoms with Crippen molar-refractivity contribution in [2.45, 2.75) is 6.92 Å². The Kier molecular flexibility index (Phi) is 6.78. The topological polar surface area (TPSA) is 154 Å². The van der Waals surface area contributed by atoms with E-state index in [2.05, 4.69) is 25.6 Å². The molecule has 0 aliphatic rings. The van der Waals surface area contributed by atoms with Gasteiger partial charge in [0.2, 0.25) is 0 Å². The Morgan fingerprint density at radius 1 is 1.00 bits per heavy atom. The molecule has 0 fully saturated rings. The van der Waals surface area contributed by atoms with Gasteiger partial charge >= 0.3 is 18.0 Å². The summed E-state index contributed by atoms with van der Waals surface area (Å²) in [7, 11) is 0. The Labute approximate surface area is 203 Å². The number of carboxylic acid groups (broad SMARTS) is 2. The van der Waals surface area contributed by atoms with Crippen LogP contribution < -0.4 is 10.6 Å². The number of carbonyl (C=O) groups excluding carboxylic acids is 1. The lowest BCUT2D eigenvalue weighted by atomic mass is 9.97. The number of pyridine rings is 2. The number of anilines is 1. The first kappa shape index (κ1) is 23.5. The zero-order valence-electron chi connectivity index (χ0n) is 18.3. The van der Waals surface area contributed by atoms with Crippen molar-refractivity contribution in [1.82, 2.24) is 20.3 Å². The summed E-state index contributed by atoms with van der Waals surface area (Å²) in [6, 6.07) is 10.1. The highest BCUT2D eigenvalue weighted by Gasteiger charge is 2.26. The Morgan fingerprint density at radius 3 is 2.46 bits per heavy atom. The van der Waals surface area contributed by atoms with Crippen LogP contribution in [0.15, 0.2) is 60.4 Å². The molecule has 0 radical (unpaired) electrons. The second-order valence-corrected chi connectivity index (χ2v) is 8.09. The number of benzene rings is 1. The van der Waals surface area contributed by atoms with Gasteiger partial charge in [0.25, 0.3) is 0 Å². The molecule has 35 heavy (non-hydrogen) atoms. The van der Waals surface area contributed by atoms with E-state index < -0.39 is 18.0 Å². The predicted octanol–water partition coefficient (Wildman–Crippen LogP) is 4.47. The number of hydrogen-bond donors (Lipinski definition) is 4. The van der Waals surface area contributed by atoms with Crippen molar-refractivity contribution in [2.75, 3.05) is 11.9 Å². The molecule has 0 aliphatic heterocycles. The molecule has 0 unspecified atom stereocenters. The highest BCUT2D eigenvalue weighted by molar-refractivity contribution is 7.13. The van der Waals surface area contributed by atoms with Crippen LogP contribution in [0.1, 0.15) is 27.6 Å². The van der Waals surface area contributed by atoms with E-state index in [0.717, 1.165) is 5.56 Å². The highest BCUT2D eigenvalue weighted by Crippen LogP contribution is 2.40. The molecular weight excluding hydrogens is 470 g/mol. The number of rotatable bonds is 7. The standard InChI is InChI=1S/C24H19N5O5S/c1-2-26-24(34)29-20-19(23(32)33)18(21-28-17(12-35-21)13-6-4-3-5-7-13)16(11-27-20)14-8-15(22(30)31)10-25-9-14/h3-12H,2H2,1H3,(H,30,31)(H,32,33)(H2,26,27,29,34). The SMILES string of the molecule is CCNC(=O)Nc1ncc(-c2cncc(C(=O)O)c2)c(-c2nc(-c3ccccc3)cs2)c1C(=O)O. The van der Waals surface area contributed by atoms with E-state index in [1.54, 1.807) is 12.3 Å². The van der Waals surface area contributed by atoms with Crippen LogP contribution in [0.25, 0.3) is 33.0 Å². The summed E-state index contributed by atoms with van der Waals surface area (Å²) in [4.78, 5) is 48.9. The first-order chi connectivity index (χ1) is 16.9. The molecule has 2 amide bonds. The van der Waals surface area contributed by atoms with Crippen molar-refractivity contribution in [3.05, 3.63) is 71.5 Å². The van der Waals surface area contributed by atoms with Crippen molar-refractivity contribution >= 4 is 35.1 Å². The summed E-state index contributed by atoms with van der Waals surface area (Å²) in [5, 5.41) is 26.7. The molecule has 0 bridgehead atoms. The molecule has 3 heterocycles. The van der Waals surface area contributed by atoms with Crippen LogP contribution in [0.2, 0.25) is 0 Å². The van der Waals surface area contributed by atoms with E-state index in [4.69, 9.17) is 0 Å². The number of aromatic carboxylic acids is 2. The second kappa shape index (κ2) is 10.1. The third kappa shape index (κ3) is 4.99. The molecular formula is C24H19N5O5S. The first-order valence-corrected chi connectivity index (χ1v) is 11.3. The van der Waals surface area contributed by atoms with Crippen LogP contribution in [0, 0.1) is 0 Å². The Morgan fingerprint density at radius 2 is 1.77 bits per heavy atom. The molecule has 3 aromatic heterocycles. The largest absolute Gasteiger partial charge is 0.478 e. The molecule has 176 valence electrons. The average Bonchev–Trinajstić information content (AvgIpc) is 3.34. The Hall–Kier alpha value is -4.64. The zero-order chi connectivity index (χ0) is 24.9. The summed E-state index contributed by atoms with van der Waals surface area (Å²) < 4.78 is 0. The quantitative estimate of drug-likeness (QED) is 0.296. The summed E-state index contributed by atoms with van der Waals surface area (Å²) in [5.74, 6) is -2.68. The maximum Gasteiger partial charge on any atom is 0.340 e. The number of aromatic nitrogens is 3. The predicted molar refractivity (Wildman–Crippen MR) is 131 cm³/mol. The number of nitrogens with zero attached hydrogens (tertiary/aromatic N) is 3. The van der Waals surface area contributed by atoms with Gasteiger partial charge in [0.05, 0.1) is 11.3 Å². The zero-order valence-corrected chi connectivity index (χ0v) is 19.2. The number of thiazole rings is 1. The van der Waals surface area contributed by atoms with Crippen LogP contribution in [-0.2, 0) is 0 Å². The van der Waals surface area contributed by atoms with Crippen molar-refractivity contribution in [3.63, 3.8) is 0 Å². The van der Waals surface area contributed by atoms with Gasteiger partial charge in [-0.15, -0.1) is 11.3 Å². The molecule has 0 aliphatic carbocycles. The molecule has 0 spiro atoms. The number of carbonyl (C=O) groups is 3. The molecule has 4 rings (SSSR count). The van der Waals surface area contributed by atoms with Crippen LogP contribution >= 0.6 is 11.3 Å². The summed E-state index contributed by atoms with van der Waals surface area (Å²) >= 11 is 1.22. The number of amides is 2. The maximum absolute atomic E-state index is 12.4. The lowest BCUT2D eigenvalue weighted by Crippen LogP contribution is -2.29. The third-order valence-corrected chi connectivity index (χ3v) is 5.81. The van der Waals surface area contributed by atoms with Gasteiger partial charge < -0.3 is 15.5 Å². The number of carboxylic acids is 2. The summed E-state index contributed by atoms with van der Waals surface area (Å²) in [5.41, 5.74) is 1.99. The second-order valence-electron chi connectivity index (χ2n) is 7.23. The normalized spacial score (nSPS) is 10.5. The summed E-state index contributed by atoms with van der Waals surface area (Å²) in [6.07, 6.45) is 3.98. The van der Waals surface area contributed by atoms with Crippen LogP contribution in [0.3, 0.4) is 0 Å². The van der Waals surface area contributed by atoms with Crippen LogP contribution in [0.5, 0.6) is 0 Å².